The van der Waals surface area contributed by atoms with Crippen LogP contribution in [0.25, 0.3) is 0 Å². The molecule has 1 saturated carbocycles. The van der Waals surface area contributed by atoms with E-state index in [2.05, 4.69) is 40.1 Å². The second-order valence-electron chi connectivity index (χ2n) is 6.22. The van der Waals surface area contributed by atoms with Gasteiger partial charge in [-0.05, 0) is 18.4 Å². The molecule has 1 aromatic rings. The fourth-order valence-electron chi connectivity index (χ4n) is 3.61. The number of aliphatic hydroxyl groups excluding tert-OH is 1. The summed E-state index contributed by atoms with van der Waals surface area (Å²) in [6.07, 6.45) is 4.57. The van der Waals surface area contributed by atoms with Crippen LogP contribution in [0.15, 0.2) is 30.3 Å². The van der Waals surface area contributed by atoms with Gasteiger partial charge in [0.05, 0.1) is 6.10 Å². The lowest BCUT2D eigenvalue weighted by molar-refractivity contribution is -0.00472. The number of hydrogen-bond donors (Lipinski definition) is 1. The molecule has 0 unspecified atom stereocenters. The highest BCUT2D eigenvalue weighted by Crippen LogP contribution is 2.24. The van der Waals surface area contributed by atoms with E-state index in [-0.39, 0.29) is 6.10 Å². The molecular weight excluding hydrogens is 248 g/mol. The summed E-state index contributed by atoms with van der Waals surface area (Å²) < 4.78 is 0. The van der Waals surface area contributed by atoms with E-state index in [9.17, 15) is 5.11 Å². The summed E-state index contributed by atoms with van der Waals surface area (Å²) in [4.78, 5) is 5.05. The van der Waals surface area contributed by atoms with Gasteiger partial charge in [-0.3, -0.25) is 9.80 Å². The predicted octanol–water partition coefficient (Wildman–Crippen LogP) is 2.11. The van der Waals surface area contributed by atoms with Crippen LogP contribution in [0, 0.1) is 0 Å². The van der Waals surface area contributed by atoms with Crippen molar-refractivity contribution in [2.75, 3.05) is 26.2 Å². The largest absolute Gasteiger partial charge is 0.391 e. The predicted molar refractivity (Wildman–Crippen MR) is 81.6 cm³/mol. The molecule has 1 heterocycles. The van der Waals surface area contributed by atoms with Crippen molar-refractivity contribution in [3.05, 3.63) is 35.9 Å². The highest BCUT2D eigenvalue weighted by molar-refractivity contribution is 5.14. The SMILES string of the molecule is O[C@H]1CCCC[C@@H]1N1CCN(Cc2ccccc2)CC1. The van der Waals surface area contributed by atoms with Gasteiger partial charge in [0.2, 0.25) is 0 Å². The fourth-order valence-corrected chi connectivity index (χ4v) is 3.61. The molecule has 3 heteroatoms. The monoisotopic (exact) mass is 274 g/mol. The smallest absolute Gasteiger partial charge is 0.0695 e. The van der Waals surface area contributed by atoms with Crippen LogP contribution in [-0.2, 0) is 6.54 Å². The molecule has 2 fully saturated rings. The van der Waals surface area contributed by atoms with Crippen LogP contribution >= 0.6 is 0 Å². The van der Waals surface area contributed by atoms with Crippen molar-refractivity contribution in [3.8, 4) is 0 Å². The maximum Gasteiger partial charge on any atom is 0.0695 e. The van der Waals surface area contributed by atoms with Crippen LogP contribution in [0.4, 0.5) is 0 Å². The molecule has 1 aliphatic carbocycles. The highest BCUT2D eigenvalue weighted by atomic mass is 16.3. The Labute approximate surface area is 122 Å². The molecule has 0 spiro atoms. The summed E-state index contributed by atoms with van der Waals surface area (Å²) in [6, 6.07) is 11.1. The van der Waals surface area contributed by atoms with Crippen LogP contribution in [0.2, 0.25) is 0 Å². The molecule has 0 bridgehead atoms. The van der Waals surface area contributed by atoms with Crippen molar-refractivity contribution in [2.45, 2.75) is 44.4 Å². The molecule has 3 rings (SSSR count). The summed E-state index contributed by atoms with van der Waals surface area (Å²) in [7, 11) is 0. The topological polar surface area (TPSA) is 26.7 Å². The lowest BCUT2D eigenvalue weighted by atomic mass is 9.91. The third kappa shape index (κ3) is 3.40. The van der Waals surface area contributed by atoms with E-state index >= 15 is 0 Å². The Kier molecular flexibility index (Phi) is 4.71. The lowest BCUT2D eigenvalue weighted by Crippen LogP contribution is -2.54. The summed E-state index contributed by atoms with van der Waals surface area (Å²) in [5.41, 5.74) is 1.40. The van der Waals surface area contributed by atoms with E-state index < -0.39 is 0 Å². The van der Waals surface area contributed by atoms with E-state index in [0.29, 0.717) is 6.04 Å². The van der Waals surface area contributed by atoms with Crippen LogP contribution in [0.1, 0.15) is 31.2 Å². The van der Waals surface area contributed by atoms with E-state index in [4.69, 9.17) is 0 Å². The zero-order valence-electron chi connectivity index (χ0n) is 12.2. The minimum absolute atomic E-state index is 0.0931. The van der Waals surface area contributed by atoms with E-state index in [1.165, 1.54) is 24.8 Å². The average Bonchev–Trinajstić information content (AvgIpc) is 2.50. The summed E-state index contributed by atoms with van der Waals surface area (Å²) in [6.45, 7) is 5.52. The van der Waals surface area contributed by atoms with Gasteiger partial charge in [0, 0.05) is 38.8 Å². The number of rotatable bonds is 3. The Morgan fingerprint density at radius 3 is 2.35 bits per heavy atom. The molecule has 20 heavy (non-hydrogen) atoms. The summed E-state index contributed by atoms with van der Waals surface area (Å²) in [5, 5.41) is 10.2. The normalized spacial score (nSPS) is 29.4. The Morgan fingerprint density at radius 2 is 1.65 bits per heavy atom. The quantitative estimate of drug-likeness (QED) is 0.914. The van der Waals surface area contributed by atoms with Gasteiger partial charge in [-0.25, -0.2) is 0 Å². The Morgan fingerprint density at radius 1 is 0.950 bits per heavy atom. The van der Waals surface area contributed by atoms with Crippen molar-refractivity contribution in [3.63, 3.8) is 0 Å². The van der Waals surface area contributed by atoms with Crippen LogP contribution in [0.5, 0.6) is 0 Å². The first-order valence-corrected chi connectivity index (χ1v) is 8.01. The maximum atomic E-state index is 10.2. The Hall–Kier alpha value is -0.900. The molecule has 2 atom stereocenters. The molecule has 110 valence electrons. The molecule has 1 saturated heterocycles. The third-order valence-corrected chi connectivity index (χ3v) is 4.82. The molecule has 1 N–H and O–H groups in total. The fraction of sp³-hybridized carbons (Fsp3) is 0.647. The second kappa shape index (κ2) is 6.70. The van der Waals surface area contributed by atoms with Crippen molar-refractivity contribution in [1.29, 1.82) is 0 Å². The molecule has 2 aliphatic rings. The number of piperazine rings is 1. The average molecular weight is 274 g/mol. The van der Waals surface area contributed by atoms with Gasteiger partial charge >= 0.3 is 0 Å². The minimum atomic E-state index is -0.0931. The highest BCUT2D eigenvalue weighted by Gasteiger charge is 2.30. The Balaban J connectivity index is 1.49. The standard InChI is InChI=1S/C17H26N2O/c20-17-9-5-4-8-16(17)19-12-10-18(11-13-19)14-15-6-2-1-3-7-15/h1-3,6-7,16-17,20H,4-5,8-14H2/t16-,17-/m0/s1. The zero-order valence-corrected chi connectivity index (χ0v) is 12.2. The Bertz CT molecular complexity index is 401. The molecule has 0 aromatic heterocycles. The molecule has 1 aromatic carbocycles. The third-order valence-electron chi connectivity index (χ3n) is 4.82. The molecule has 0 radical (unpaired) electrons. The minimum Gasteiger partial charge on any atom is -0.391 e. The van der Waals surface area contributed by atoms with Gasteiger partial charge in [0.1, 0.15) is 0 Å². The number of benzene rings is 1. The summed E-state index contributed by atoms with van der Waals surface area (Å²) in [5.74, 6) is 0. The van der Waals surface area contributed by atoms with Crippen molar-refractivity contribution in [2.24, 2.45) is 0 Å². The molecule has 0 amide bonds. The first-order chi connectivity index (χ1) is 9.83. The first-order valence-electron chi connectivity index (χ1n) is 8.01. The van der Waals surface area contributed by atoms with Gasteiger partial charge in [-0.2, -0.15) is 0 Å². The van der Waals surface area contributed by atoms with Gasteiger partial charge in [0.25, 0.3) is 0 Å². The lowest BCUT2D eigenvalue weighted by Gasteiger charge is -2.42. The number of hydrogen-bond acceptors (Lipinski definition) is 3. The van der Waals surface area contributed by atoms with E-state index in [1.807, 2.05) is 0 Å². The maximum absolute atomic E-state index is 10.2. The van der Waals surface area contributed by atoms with Gasteiger partial charge in [-0.15, -0.1) is 0 Å². The first kappa shape index (κ1) is 14.1. The number of aliphatic hydroxyl groups is 1. The van der Waals surface area contributed by atoms with Crippen LogP contribution in [-0.4, -0.2) is 53.2 Å². The summed E-state index contributed by atoms with van der Waals surface area (Å²) >= 11 is 0. The second-order valence-corrected chi connectivity index (χ2v) is 6.22. The van der Waals surface area contributed by atoms with Crippen LogP contribution < -0.4 is 0 Å². The van der Waals surface area contributed by atoms with Crippen molar-refractivity contribution < 1.29 is 5.11 Å². The van der Waals surface area contributed by atoms with Crippen molar-refractivity contribution >= 4 is 0 Å². The van der Waals surface area contributed by atoms with E-state index in [1.54, 1.807) is 0 Å². The number of nitrogens with zero attached hydrogens (tertiary/aromatic N) is 2. The van der Waals surface area contributed by atoms with Gasteiger partial charge in [-0.1, -0.05) is 43.2 Å². The van der Waals surface area contributed by atoms with Gasteiger partial charge in [0.15, 0.2) is 0 Å². The van der Waals surface area contributed by atoms with Crippen LogP contribution in [0.3, 0.4) is 0 Å². The molecular formula is C17H26N2O. The van der Waals surface area contributed by atoms with E-state index in [0.717, 1.165) is 39.1 Å². The van der Waals surface area contributed by atoms with Gasteiger partial charge < -0.3 is 5.11 Å². The molecule has 3 nitrogen and oxygen atoms in total. The van der Waals surface area contributed by atoms with Crippen molar-refractivity contribution in [1.82, 2.24) is 9.80 Å². The molecule has 1 aliphatic heterocycles. The zero-order chi connectivity index (χ0) is 13.8.